The zero-order chi connectivity index (χ0) is 11.5. The van der Waals surface area contributed by atoms with Crippen LogP contribution in [0.25, 0.3) is 0 Å². The average Bonchev–Trinajstić information content (AvgIpc) is 2.33. The molecule has 1 aliphatic rings. The number of benzene rings is 1. The van der Waals surface area contributed by atoms with Gasteiger partial charge in [0.05, 0.1) is 0 Å². The minimum Gasteiger partial charge on any atom is -0.396 e. The molecule has 0 aliphatic heterocycles. The molecular formula is C15H20O. The van der Waals surface area contributed by atoms with E-state index in [0.29, 0.717) is 23.7 Å². The normalized spacial score (nSPS) is 33.9. The quantitative estimate of drug-likeness (QED) is 0.753. The zero-order valence-electron chi connectivity index (χ0n) is 10.0. The standard InChI is InChI=1S/C15H20O/c1-11-8-9-12(2)15(14(11)10-16)13-6-4-3-5-7-13/h3-9,11-12,14-16H,10H2,1-2H3/t11-,12+,14-,15+/m0/s1. The van der Waals surface area contributed by atoms with Crippen molar-refractivity contribution < 1.29 is 5.11 Å². The molecule has 1 N–H and O–H groups in total. The van der Waals surface area contributed by atoms with Gasteiger partial charge < -0.3 is 5.11 Å². The Labute approximate surface area is 97.8 Å². The van der Waals surface area contributed by atoms with Gasteiger partial charge in [-0.15, -0.1) is 0 Å². The summed E-state index contributed by atoms with van der Waals surface area (Å²) in [6, 6.07) is 10.6. The van der Waals surface area contributed by atoms with E-state index in [0.717, 1.165) is 0 Å². The molecule has 0 fully saturated rings. The highest BCUT2D eigenvalue weighted by Crippen LogP contribution is 2.40. The molecule has 0 spiro atoms. The summed E-state index contributed by atoms with van der Waals surface area (Å²) in [7, 11) is 0. The van der Waals surface area contributed by atoms with Gasteiger partial charge in [-0.2, -0.15) is 0 Å². The predicted octanol–water partition coefficient (Wildman–Crippen LogP) is 3.22. The van der Waals surface area contributed by atoms with Crippen molar-refractivity contribution in [1.82, 2.24) is 0 Å². The molecule has 0 heterocycles. The minimum atomic E-state index is 0.273. The van der Waals surface area contributed by atoms with E-state index in [1.807, 2.05) is 6.07 Å². The van der Waals surface area contributed by atoms with Crippen LogP contribution in [0.4, 0.5) is 0 Å². The average molecular weight is 216 g/mol. The van der Waals surface area contributed by atoms with Crippen LogP contribution in [0.2, 0.25) is 0 Å². The summed E-state index contributed by atoms with van der Waals surface area (Å²) < 4.78 is 0. The van der Waals surface area contributed by atoms with Crippen molar-refractivity contribution in [3.63, 3.8) is 0 Å². The fourth-order valence-electron chi connectivity index (χ4n) is 2.84. The number of hydrogen-bond acceptors (Lipinski definition) is 1. The van der Waals surface area contributed by atoms with Crippen molar-refractivity contribution >= 4 is 0 Å². The van der Waals surface area contributed by atoms with E-state index in [4.69, 9.17) is 0 Å². The van der Waals surface area contributed by atoms with Crippen molar-refractivity contribution in [3.05, 3.63) is 48.0 Å². The molecule has 0 radical (unpaired) electrons. The lowest BCUT2D eigenvalue weighted by atomic mass is 9.69. The third-order valence-corrected chi connectivity index (χ3v) is 3.82. The lowest BCUT2D eigenvalue weighted by Gasteiger charge is -2.36. The molecule has 4 atom stereocenters. The van der Waals surface area contributed by atoms with Gasteiger partial charge in [0.2, 0.25) is 0 Å². The maximum absolute atomic E-state index is 9.58. The lowest BCUT2D eigenvalue weighted by Crippen LogP contribution is -2.30. The van der Waals surface area contributed by atoms with E-state index in [1.165, 1.54) is 5.56 Å². The van der Waals surface area contributed by atoms with E-state index in [9.17, 15) is 5.11 Å². The fraction of sp³-hybridized carbons (Fsp3) is 0.467. The number of aliphatic hydroxyl groups is 1. The second-order valence-corrected chi connectivity index (χ2v) is 4.89. The summed E-state index contributed by atoms with van der Waals surface area (Å²) in [6.45, 7) is 4.71. The first-order valence-electron chi connectivity index (χ1n) is 6.08. The van der Waals surface area contributed by atoms with Gasteiger partial charge in [-0.25, -0.2) is 0 Å². The Morgan fingerprint density at radius 1 is 1.00 bits per heavy atom. The highest BCUT2D eigenvalue weighted by atomic mass is 16.3. The van der Waals surface area contributed by atoms with Gasteiger partial charge in [0.15, 0.2) is 0 Å². The summed E-state index contributed by atoms with van der Waals surface area (Å²) in [4.78, 5) is 0. The second-order valence-electron chi connectivity index (χ2n) is 4.89. The molecule has 1 aromatic rings. The Balaban J connectivity index is 2.34. The molecule has 1 heteroatoms. The first kappa shape index (κ1) is 11.4. The lowest BCUT2D eigenvalue weighted by molar-refractivity contribution is 0.153. The topological polar surface area (TPSA) is 20.2 Å². The molecule has 86 valence electrons. The number of hydrogen-bond donors (Lipinski definition) is 1. The van der Waals surface area contributed by atoms with Crippen LogP contribution in [-0.2, 0) is 0 Å². The van der Waals surface area contributed by atoms with Crippen LogP contribution in [0.3, 0.4) is 0 Å². The maximum Gasteiger partial charge on any atom is 0.0470 e. The van der Waals surface area contributed by atoms with Crippen LogP contribution in [0.5, 0.6) is 0 Å². The first-order valence-corrected chi connectivity index (χ1v) is 6.08. The summed E-state index contributed by atoms with van der Waals surface area (Å²) in [5.41, 5.74) is 1.35. The largest absolute Gasteiger partial charge is 0.396 e. The molecule has 1 aromatic carbocycles. The highest BCUT2D eigenvalue weighted by molar-refractivity contribution is 5.25. The fourth-order valence-corrected chi connectivity index (χ4v) is 2.84. The molecule has 0 unspecified atom stereocenters. The van der Waals surface area contributed by atoms with Gasteiger partial charge in [0.1, 0.15) is 0 Å². The molecule has 16 heavy (non-hydrogen) atoms. The second kappa shape index (κ2) is 4.84. The Morgan fingerprint density at radius 2 is 1.62 bits per heavy atom. The zero-order valence-corrected chi connectivity index (χ0v) is 10.0. The smallest absolute Gasteiger partial charge is 0.0470 e. The Kier molecular flexibility index (Phi) is 3.45. The molecule has 0 saturated heterocycles. The Morgan fingerprint density at radius 3 is 2.25 bits per heavy atom. The molecule has 1 aliphatic carbocycles. The van der Waals surface area contributed by atoms with E-state index in [1.54, 1.807) is 0 Å². The van der Waals surface area contributed by atoms with Crippen molar-refractivity contribution in [2.45, 2.75) is 19.8 Å². The van der Waals surface area contributed by atoms with Crippen molar-refractivity contribution in [2.75, 3.05) is 6.61 Å². The number of rotatable bonds is 2. The van der Waals surface area contributed by atoms with Gasteiger partial charge in [0, 0.05) is 6.61 Å². The number of aliphatic hydroxyl groups excluding tert-OH is 1. The van der Waals surface area contributed by atoms with Crippen molar-refractivity contribution in [2.24, 2.45) is 17.8 Å². The molecule has 0 amide bonds. The SMILES string of the molecule is C[C@@H]1C=C[C@H](C)[C@H](CO)[C@H]1c1ccccc1. The van der Waals surface area contributed by atoms with Gasteiger partial charge >= 0.3 is 0 Å². The van der Waals surface area contributed by atoms with E-state index in [-0.39, 0.29) is 6.61 Å². The third kappa shape index (κ3) is 2.05. The van der Waals surface area contributed by atoms with Crippen LogP contribution in [0, 0.1) is 17.8 Å². The van der Waals surface area contributed by atoms with Crippen LogP contribution in [-0.4, -0.2) is 11.7 Å². The third-order valence-electron chi connectivity index (χ3n) is 3.82. The number of allylic oxidation sites excluding steroid dienone is 2. The summed E-state index contributed by atoms with van der Waals surface area (Å²) in [5, 5.41) is 9.58. The molecule has 1 nitrogen and oxygen atoms in total. The molecule has 0 saturated carbocycles. The predicted molar refractivity (Wildman–Crippen MR) is 67.2 cm³/mol. The van der Waals surface area contributed by atoms with E-state index < -0.39 is 0 Å². The minimum absolute atomic E-state index is 0.273. The molecule has 2 rings (SSSR count). The van der Waals surface area contributed by atoms with Crippen LogP contribution in [0.15, 0.2) is 42.5 Å². The Bertz CT molecular complexity index is 355. The monoisotopic (exact) mass is 216 g/mol. The van der Waals surface area contributed by atoms with Crippen molar-refractivity contribution in [1.29, 1.82) is 0 Å². The van der Waals surface area contributed by atoms with Gasteiger partial charge in [-0.3, -0.25) is 0 Å². The molecule has 0 aromatic heterocycles. The molecule has 0 bridgehead atoms. The molecular weight excluding hydrogens is 196 g/mol. The summed E-state index contributed by atoms with van der Waals surface area (Å²) in [6.07, 6.45) is 4.53. The maximum atomic E-state index is 9.58. The van der Waals surface area contributed by atoms with Gasteiger partial charge in [-0.1, -0.05) is 56.3 Å². The van der Waals surface area contributed by atoms with Gasteiger partial charge in [-0.05, 0) is 29.2 Å². The Hall–Kier alpha value is -1.08. The van der Waals surface area contributed by atoms with Gasteiger partial charge in [0.25, 0.3) is 0 Å². The van der Waals surface area contributed by atoms with E-state index >= 15 is 0 Å². The van der Waals surface area contributed by atoms with Crippen LogP contribution >= 0.6 is 0 Å². The van der Waals surface area contributed by atoms with Crippen LogP contribution in [0.1, 0.15) is 25.3 Å². The van der Waals surface area contributed by atoms with E-state index in [2.05, 4.69) is 50.3 Å². The highest BCUT2D eigenvalue weighted by Gasteiger charge is 2.32. The first-order chi connectivity index (χ1) is 7.74. The summed E-state index contributed by atoms with van der Waals surface area (Å²) >= 11 is 0. The van der Waals surface area contributed by atoms with Crippen molar-refractivity contribution in [3.8, 4) is 0 Å². The summed E-state index contributed by atoms with van der Waals surface area (Å²) in [5.74, 6) is 1.77. The van der Waals surface area contributed by atoms with Crippen LogP contribution < -0.4 is 0 Å².